The second-order valence-corrected chi connectivity index (χ2v) is 8.12. The van der Waals surface area contributed by atoms with Crippen molar-refractivity contribution in [3.05, 3.63) is 99.9 Å². The predicted octanol–water partition coefficient (Wildman–Crippen LogP) is 6.77. The molecule has 32 heavy (non-hydrogen) atoms. The van der Waals surface area contributed by atoms with Crippen LogP contribution in [0, 0.1) is 18.3 Å². The maximum absolute atomic E-state index is 9.77. The lowest BCUT2D eigenvalue weighted by Crippen LogP contribution is -1.98. The second kappa shape index (κ2) is 9.95. The summed E-state index contributed by atoms with van der Waals surface area (Å²) < 4.78 is 11.4. The predicted molar refractivity (Wildman–Crippen MR) is 130 cm³/mol. The van der Waals surface area contributed by atoms with Gasteiger partial charge in [0, 0.05) is 10.9 Å². The molecule has 0 bridgehead atoms. The van der Waals surface area contributed by atoms with Crippen LogP contribution in [0.1, 0.15) is 21.7 Å². The van der Waals surface area contributed by atoms with Crippen molar-refractivity contribution >= 4 is 23.0 Å². The third kappa shape index (κ3) is 5.05. The molecule has 0 aliphatic rings. The fourth-order valence-corrected chi connectivity index (χ4v) is 3.99. The van der Waals surface area contributed by atoms with Gasteiger partial charge in [-0.2, -0.15) is 5.26 Å². The molecule has 0 radical (unpaired) electrons. The maximum Gasteiger partial charge on any atom is 0.162 e. The van der Waals surface area contributed by atoms with Gasteiger partial charge in [0.2, 0.25) is 0 Å². The number of aromatic nitrogens is 1. The minimum Gasteiger partial charge on any atom is -0.493 e. The van der Waals surface area contributed by atoms with Crippen LogP contribution in [-0.2, 0) is 6.61 Å². The summed E-state index contributed by atoms with van der Waals surface area (Å²) in [7, 11) is 1.61. The molecule has 5 heteroatoms. The number of aryl methyl sites for hydroxylation is 1. The average molecular weight is 439 g/mol. The summed E-state index contributed by atoms with van der Waals surface area (Å²) in [5.41, 5.74) is 5.53. The molecule has 0 spiro atoms. The Hall–Kier alpha value is -3.88. The zero-order chi connectivity index (χ0) is 22.3. The zero-order valence-corrected chi connectivity index (χ0v) is 18.7. The van der Waals surface area contributed by atoms with Crippen LogP contribution in [0.4, 0.5) is 0 Å². The molecule has 1 aromatic heterocycles. The first-order valence-electron chi connectivity index (χ1n) is 10.2. The number of allylic oxidation sites excluding steroid dienone is 1. The molecule has 0 amide bonds. The third-order valence-corrected chi connectivity index (χ3v) is 5.81. The van der Waals surface area contributed by atoms with E-state index >= 15 is 0 Å². The Morgan fingerprint density at radius 3 is 2.53 bits per heavy atom. The summed E-state index contributed by atoms with van der Waals surface area (Å²) in [6, 6.07) is 26.1. The molecule has 0 unspecified atom stereocenters. The van der Waals surface area contributed by atoms with Crippen LogP contribution in [0.15, 0.2) is 78.2 Å². The molecule has 0 aliphatic heterocycles. The summed E-state index contributed by atoms with van der Waals surface area (Å²) in [6.45, 7) is 2.49. The van der Waals surface area contributed by atoms with E-state index in [-0.39, 0.29) is 0 Å². The molecule has 4 aromatic rings. The summed E-state index contributed by atoms with van der Waals surface area (Å²) in [6.07, 6.45) is 1.83. The Bertz CT molecular complexity index is 1270. The summed E-state index contributed by atoms with van der Waals surface area (Å²) in [5, 5.41) is 12.4. The monoisotopic (exact) mass is 438 g/mol. The fourth-order valence-electron chi connectivity index (χ4n) is 3.19. The van der Waals surface area contributed by atoms with Gasteiger partial charge < -0.3 is 9.47 Å². The molecule has 0 saturated carbocycles. The third-order valence-electron chi connectivity index (χ3n) is 4.94. The zero-order valence-electron chi connectivity index (χ0n) is 17.9. The molecule has 3 aromatic carbocycles. The van der Waals surface area contributed by atoms with Crippen molar-refractivity contribution in [3.63, 3.8) is 0 Å². The maximum atomic E-state index is 9.77. The number of rotatable bonds is 7. The van der Waals surface area contributed by atoms with Gasteiger partial charge in [-0.3, -0.25) is 0 Å². The summed E-state index contributed by atoms with van der Waals surface area (Å²) in [4.78, 5) is 4.68. The van der Waals surface area contributed by atoms with Gasteiger partial charge in [0.15, 0.2) is 11.5 Å². The van der Waals surface area contributed by atoms with Crippen LogP contribution in [0.5, 0.6) is 11.5 Å². The molecule has 0 saturated heterocycles. The van der Waals surface area contributed by atoms with Crippen LogP contribution >= 0.6 is 11.3 Å². The highest BCUT2D eigenvalue weighted by atomic mass is 32.1. The highest BCUT2D eigenvalue weighted by molar-refractivity contribution is 7.11. The molecule has 0 N–H and O–H groups in total. The van der Waals surface area contributed by atoms with E-state index < -0.39 is 0 Å². The highest BCUT2D eigenvalue weighted by Gasteiger charge is 2.11. The van der Waals surface area contributed by atoms with Crippen LogP contribution < -0.4 is 9.47 Å². The number of hydrogen-bond acceptors (Lipinski definition) is 5. The smallest absolute Gasteiger partial charge is 0.162 e. The quantitative estimate of drug-likeness (QED) is 0.299. The number of thiazole rings is 1. The molecule has 0 aliphatic carbocycles. The van der Waals surface area contributed by atoms with E-state index in [0.29, 0.717) is 28.7 Å². The van der Waals surface area contributed by atoms with Gasteiger partial charge in [-0.05, 0) is 36.3 Å². The van der Waals surface area contributed by atoms with E-state index in [4.69, 9.17) is 9.47 Å². The standard InChI is InChI=1S/C27H22N2O2S/c1-19-8-11-22(12-9-19)24-18-32-27(29-24)23(16-28)14-21-10-13-25(30-2)26(15-21)31-17-20-6-4-3-5-7-20/h3-15,18H,17H2,1-2H3. The van der Waals surface area contributed by atoms with Gasteiger partial charge in [-0.1, -0.05) is 66.2 Å². The van der Waals surface area contributed by atoms with Crippen molar-refractivity contribution in [2.45, 2.75) is 13.5 Å². The van der Waals surface area contributed by atoms with Crippen molar-refractivity contribution in [2.24, 2.45) is 0 Å². The molecular formula is C27H22N2O2S. The van der Waals surface area contributed by atoms with Gasteiger partial charge in [0.05, 0.1) is 18.4 Å². The Morgan fingerprint density at radius 2 is 1.81 bits per heavy atom. The lowest BCUT2D eigenvalue weighted by Gasteiger charge is -2.11. The van der Waals surface area contributed by atoms with E-state index in [1.807, 2.05) is 72.1 Å². The van der Waals surface area contributed by atoms with Crippen molar-refractivity contribution in [1.82, 2.24) is 4.98 Å². The summed E-state index contributed by atoms with van der Waals surface area (Å²) >= 11 is 1.46. The van der Waals surface area contributed by atoms with Crippen molar-refractivity contribution < 1.29 is 9.47 Å². The van der Waals surface area contributed by atoms with Crippen molar-refractivity contribution in [1.29, 1.82) is 5.26 Å². The first-order chi connectivity index (χ1) is 15.7. The molecule has 4 rings (SSSR count). The number of hydrogen-bond donors (Lipinski definition) is 0. The fraction of sp³-hybridized carbons (Fsp3) is 0.111. The molecule has 1 heterocycles. The lowest BCUT2D eigenvalue weighted by atomic mass is 10.1. The van der Waals surface area contributed by atoms with Crippen molar-refractivity contribution in [3.8, 4) is 28.8 Å². The molecule has 0 atom stereocenters. The minimum atomic E-state index is 0.432. The van der Waals surface area contributed by atoms with Crippen LogP contribution in [0.25, 0.3) is 22.9 Å². The van der Waals surface area contributed by atoms with Gasteiger partial charge in [-0.25, -0.2) is 4.98 Å². The first kappa shape index (κ1) is 21.4. The largest absolute Gasteiger partial charge is 0.493 e. The topological polar surface area (TPSA) is 55.1 Å². The van der Waals surface area contributed by atoms with E-state index in [1.165, 1.54) is 16.9 Å². The molecular weight excluding hydrogens is 416 g/mol. The van der Waals surface area contributed by atoms with Crippen molar-refractivity contribution in [2.75, 3.05) is 7.11 Å². The van der Waals surface area contributed by atoms with E-state index in [0.717, 1.165) is 22.4 Å². The Morgan fingerprint density at radius 1 is 1.03 bits per heavy atom. The van der Waals surface area contributed by atoms with Gasteiger partial charge >= 0.3 is 0 Å². The molecule has 4 nitrogen and oxygen atoms in total. The molecule has 0 fully saturated rings. The molecule has 158 valence electrons. The minimum absolute atomic E-state index is 0.432. The van der Waals surface area contributed by atoms with E-state index in [2.05, 4.69) is 30.1 Å². The number of nitriles is 1. The first-order valence-corrected chi connectivity index (χ1v) is 11.0. The SMILES string of the molecule is COc1ccc(C=C(C#N)c2nc(-c3ccc(C)cc3)cs2)cc1OCc1ccccc1. The van der Waals surface area contributed by atoms with E-state index in [9.17, 15) is 5.26 Å². The van der Waals surface area contributed by atoms with Crippen LogP contribution in [-0.4, -0.2) is 12.1 Å². The van der Waals surface area contributed by atoms with E-state index in [1.54, 1.807) is 7.11 Å². The normalized spacial score (nSPS) is 11.1. The Kier molecular flexibility index (Phi) is 6.64. The average Bonchev–Trinajstić information content (AvgIpc) is 3.32. The van der Waals surface area contributed by atoms with Gasteiger partial charge in [0.25, 0.3) is 0 Å². The number of ether oxygens (including phenoxy) is 2. The highest BCUT2D eigenvalue weighted by Crippen LogP contribution is 2.32. The van der Waals surface area contributed by atoms with Crippen LogP contribution in [0.2, 0.25) is 0 Å². The Labute approximate surface area is 192 Å². The second-order valence-electron chi connectivity index (χ2n) is 7.26. The Balaban J connectivity index is 1.59. The number of nitrogens with zero attached hydrogens (tertiary/aromatic N) is 2. The summed E-state index contributed by atoms with van der Waals surface area (Å²) in [5.74, 6) is 1.27. The number of benzene rings is 3. The van der Waals surface area contributed by atoms with Crippen LogP contribution in [0.3, 0.4) is 0 Å². The van der Waals surface area contributed by atoms with Gasteiger partial charge in [-0.15, -0.1) is 11.3 Å². The van der Waals surface area contributed by atoms with Gasteiger partial charge in [0.1, 0.15) is 17.7 Å². The number of methoxy groups -OCH3 is 1. The lowest BCUT2D eigenvalue weighted by molar-refractivity contribution is 0.284.